The first-order valence-electron chi connectivity index (χ1n) is 6.24. The minimum Gasteiger partial charge on any atom is -0.337 e. The maximum absolute atomic E-state index is 4.39. The van der Waals surface area contributed by atoms with Crippen LogP contribution in [0.5, 0.6) is 0 Å². The van der Waals surface area contributed by atoms with Crippen molar-refractivity contribution in [2.45, 2.75) is 19.5 Å². The third-order valence-electron chi connectivity index (χ3n) is 3.50. The molecule has 1 aromatic heterocycles. The molecule has 1 aromatic rings. The van der Waals surface area contributed by atoms with Crippen LogP contribution in [0.1, 0.15) is 12.7 Å². The highest BCUT2D eigenvalue weighted by atomic mass is 15.3. The van der Waals surface area contributed by atoms with E-state index in [9.17, 15) is 0 Å². The minimum absolute atomic E-state index is 0.584. The Morgan fingerprint density at radius 3 is 2.94 bits per heavy atom. The molecule has 0 radical (unpaired) electrons. The fourth-order valence-electron chi connectivity index (χ4n) is 2.38. The Bertz CT molecular complexity index is 371. The van der Waals surface area contributed by atoms with Crippen LogP contribution in [0.3, 0.4) is 0 Å². The summed E-state index contributed by atoms with van der Waals surface area (Å²) in [5.41, 5.74) is 0. The zero-order chi connectivity index (χ0) is 12.3. The van der Waals surface area contributed by atoms with Crippen molar-refractivity contribution in [1.82, 2.24) is 19.4 Å². The minimum atomic E-state index is 0.584. The summed E-state index contributed by atoms with van der Waals surface area (Å²) < 4.78 is 2.10. The smallest absolute Gasteiger partial charge is 0.122 e. The van der Waals surface area contributed by atoms with Crippen LogP contribution in [0, 0.1) is 0 Å². The highest BCUT2D eigenvalue weighted by Gasteiger charge is 2.23. The van der Waals surface area contributed by atoms with Crippen LogP contribution < -0.4 is 0 Å². The number of piperazine rings is 1. The predicted octanol–water partition coefficient (Wildman–Crippen LogP) is 1.11. The predicted molar refractivity (Wildman–Crippen MR) is 69.7 cm³/mol. The molecule has 0 bridgehead atoms. The molecule has 4 nitrogen and oxygen atoms in total. The lowest BCUT2D eigenvalue weighted by molar-refractivity contribution is 0.0822. The Labute approximate surface area is 104 Å². The van der Waals surface area contributed by atoms with Crippen LogP contribution in [0.25, 0.3) is 0 Å². The van der Waals surface area contributed by atoms with Crippen LogP contribution in [0.2, 0.25) is 0 Å². The summed E-state index contributed by atoms with van der Waals surface area (Å²) in [4.78, 5) is 9.34. The summed E-state index contributed by atoms with van der Waals surface area (Å²) in [6, 6.07) is 0.584. The lowest BCUT2D eigenvalue weighted by Gasteiger charge is -2.39. The van der Waals surface area contributed by atoms with Gasteiger partial charge < -0.3 is 4.57 Å². The summed E-state index contributed by atoms with van der Waals surface area (Å²) >= 11 is 0. The molecule has 0 saturated carbocycles. The molecule has 1 fully saturated rings. The number of aromatic nitrogens is 2. The van der Waals surface area contributed by atoms with Crippen molar-refractivity contribution >= 4 is 0 Å². The van der Waals surface area contributed by atoms with E-state index in [4.69, 9.17) is 0 Å². The maximum atomic E-state index is 4.39. The summed E-state index contributed by atoms with van der Waals surface area (Å²) in [5.74, 6) is 1.15. The van der Waals surface area contributed by atoms with Crippen molar-refractivity contribution in [3.8, 4) is 0 Å². The first kappa shape index (κ1) is 12.3. The molecule has 0 unspecified atom stereocenters. The van der Waals surface area contributed by atoms with Gasteiger partial charge in [0.25, 0.3) is 0 Å². The van der Waals surface area contributed by atoms with E-state index in [1.54, 1.807) is 0 Å². The van der Waals surface area contributed by atoms with Crippen molar-refractivity contribution in [1.29, 1.82) is 0 Å². The van der Waals surface area contributed by atoms with Gasteiger partial charge in [0.1, 0.15) is 5.82 Å². The standard InChI is InChI=1S/C13H22N4/c1-4-6-16-8-9-17(12(2)10-16)11-13-14-5-7-15(13)3/h4-5,7,12H,1,6,8-11H2,2-3H3/t12-/m0/s1. The van der Waals surface area contributed by atoms with Gasteiger partial charge in [0.05, 0.1) is 6.54 Å². The quantitative estimate of drug-likeness (QED) is 0.730. The first-order valence-corrected chi connectivity index (χ1v) is 6.24. The van der Waals surface area contributed by atoms with E-state index in [0.29, 0.717) is 6.04 Å². The SMILES string of the molecule is C=CCN1CCN(Cc2nccn2C)[C@@H](C)C1. The Balaban J connectivity index is 1.91. The molecule has 1 saturated heterocycles. The summed E-state index contributed by atoms with van der Waals surface area (Å²) in [6.45, 7) is 11.4. The van der Waals surface area contributed by atoms with Gasteiger partial charge in [0.2, 0.25) is 0 Å². The van der Waals surface area contributed by atoms with Gasteiger partial charge in [0, 0.05) is 51.7 Å². The molecule has 0 spiro atoms. The Morgan fingerprint density at radius 1 is 1.53 bits per heavy atom. The lowest BCUT2D eigenvalue weighted by atomic mass is 10.2. The van der Waals surface area contributed by atoms with Crippen LogP contribution >= 0.6 is 0 Å². The molecule has 4 heteroatoms. The third-order valence-corrected chi connectivity index (χ3v) is 3.50. The van der Waals surface area contributed by atoms with E-state index in [0.717, 1.165) is 38.5 Å². The molecule has 2 heterocycles. The maximum Gasteiger partial charge on any atom is 0.122 e. The highest BCUT2D eigenvalue weighted by Crippen LogP contribution is 2.12. The molecule has 94 valence electrons. The monoisotopic (exact) mass is 234 g/mol. The van der Waals surface area contributed by atoms with Crippen molar-refractivity contribution in [2.24, 2.45) is 7.05 Å². The highest BCUT2D eigenvalue weighted by molar-refractivity contribution is 4.93. The van der Waals surface area contributed by atoms with E-state index >= 15 is 0 Å². The second kappa shape index (κ2) is 5.47. The average Bonchev–Trinajstić information content (AvgIpc) is 2.69. The van der Waals surface area contributed by atoms with E-state index in [2.05, 4.69) is 39.9 Å². The number of aryl methyl sites for hydroxylation is 1. The van der Waals surface area contributed by atoms with E-state index < -0.39 is 0 Å². The third kappa shape index (κ3) is 2.96. The lowest BCUT2D eigenvalue weighted by Crippen LogP contribution is -2.51. The van der Waals surface area contributed by atoms with Crippen LogP contribution in [0.15, 0.2) is 25.0 Å². The molecule has 0 N–H and O–H groups in total. The van der Waals surface area contributed by atoms with Gasteiger partial charge in [-0.25, -0.2) is 4.98 Å². The average molecular weight is 234 g/mol. The van der Waals surface area contributed by atoms with E-state index in [1.165, 1.54) is 0 Å². The molecule has 1 aliphatic rings. The van der Waals surface area contributed by atoms with Gasteiger partial charge in [-0.2, -0.15) is 0 Å². The van der Waals surface area contributed by atoms with Gasteiger partial charge >= 0.3 is 0 Å². The normalized spacial score (nSPS) is 22.8. The van der Waals surface area contributed by atoms with Gasteiger partial charge in [-0.15, -0.1) is 6.58 Å². The van der Waals surface area contributed by atoms with Crippen LogP contribution in [0.4, 0.5) is 0 Å². The molecule has 0 aromatic carbocycles. The Morgan fingerprint density at radius 2 is 2.35 bits per heavy atom. The number of hydrogen-bond acceptors (Lipinski definition) is 3. The summed E-state index contributed by atoms with van der Waals surface area (Å²) in [6.07, 6.45) is 5.86. The second-order valence-electron chi connectivity index (χ2n) is 4.82. The van der Waals surface area contributed by atoms with E-state index in [-0.39, 0.29) is 0 Å². The topological polar surface area (TPSA) is 24.3 Å². The summed E-state index contributed by atoms with van der Waals surface area (Å²) in [7, 11) is 2.06. The van der Waals surface area contributed by atoms with Gasteiger partial charge in [-0.1, -0.05) is 6.08 Å². The van der Waals surface area contributed by atoms with Gasteiger partial charge in [0.15, 0.2) is 0 Å². The number of rotatable bonds is 4. The molecule has 2 rings (SSSR count). The Kier molecular flexibility index (Phi) is 3.97. The zero-order valence-corrected chi connectivity index (χ0v) is 10.8. The molecule has 1 aliphatic heterocycles. The molecular weight excluding hydrogens is 212 g/mol. The molecular formula is C13H22N4. The number of nitrogens with zero attached hydrogens (tertiary/aromatic N) is 4. The second-order valence-corrected chi connectivity index (χ2v) is 4.82. The van der Waals surface area contributed by atoms with Gasteiger partial charge in [-0.3, -0.25) is 9.80 Å². The van der Waals surface area contributed by atoms with Crippen molar-refractivity contribution in [3.63, 3.8) is 0 Å². The Hall–Kier alpha value is -1.13. The number of hydrogen-bond donors (Lipinski definition) is 0. The molecule has 0 amide bonds. The van der Waals surface area contributed by atoms with Crippen molar-refractivity contribution in [2.75, 3.05) is 26.2 Å². The van der Waals surface area contributed by atoms with Crippen LogP contribution in [-0.4, -0.2) is 51.6 Å². The summed E-state index contributed by atoms with van der Waals surface area (Å²) in [5, 5.41) is 0. The largest absolute Gasteiger partial charge is 0.337 e. The van der Waals surface area contributed by atoms with E-state index in [1.807, 2.05) is 18.5 Å². The zero-order valence-electron chi connectivity index (χ0n) is 10.8. The number of imidazole rings is 1. The van der Waals surface area contributed by atoms with Crippen LogP contribution in [-0.2, 0) is 13.6 Å². The first-order chi connectivity index (χ1) is 8.20. The van der Waals surface area contributed by atoms with Crippen molar-refractivity contribution < 1.29 is 0 Å². The fourth-order valence-corrected chi connectivity index (χ4v) is 2.38. The van der Waals surface area contributed by atoms with Gasteiger partial charge in [-0.05, 0) is 6.92 Å². The van der Waals surface area contributed by atoms with Crippen molar-refractivity contribution in [3.05, 3.63) is 30.9 Å². The molecule has 1 atom stereocenters. The molecule has 0 aliphatic carbocycles. The fraction of sp³-hybridized carbons (Fsp3) is 0.615. The molecule has 17 heavy (non-hydrogen) atoms.